The molecule has 1 aromatic carbocycles. The lowest BCUT2D eigenvalue weighted by Crippen LogP contribution is -1.76. The van der Waals surface area contributed by atoms with Crippen LogP contribution in [0.5, 0.6) is 0 Å². The molecule has 0 nitrogen and oxygen atoms in total. The van der Waals surface area contributed by atoms with E-state index in [1.807, 2.05) is 6.26 Å². The number of hydrogen-bond acceptors (Lipinski definition) is 1. The lowest BCUT2D eigenvalue weighted by atomic mass is 10.3. The Morgan fingerprint density at radius 3 is 2.70 bits per heavy atom. The molecule has 0 spiro atoms. The van der Waals surface area contributed by atoms with Gasteiger partial charge >= 0.3 is 0 Å². The molecule has 0 radical (unpaired) electrons. The molecule has 0 aliphatic rings. The van der Waals surface area contributed by atoms with Crippen molar-refractivity contribution in [3.05, 3.63) is 28.5 Å². The number of benzene rings is 1. The van der Waals surface area contributed by atoms with Crippen molar-refractivity contribution in [2.45, 2.75) is 4.90 Å². The summed E-state index contributed by atoms with van der Waals surface area (Å²) in [4.78, 5) is 1.06. The third-order valence-electron chi connectivity index (χ3n) is 1.13. The highest BCUT2D eigenvalue weighted by Crippen LogP contribution is 2.22. The van der Waals surface area contributed by atoms with Crippen LogP contribution in [0.1, 0.15) is 0 Å². The first kappa shape index (κ1) is 8.08. The van der Waals surface area contributed by atoms with E-state index in [-0.39, 0.29) is 5.82 Å². The summed E-state index contributed by atoms with van der Waals surface area (Å²) in [7, 11) is 0. The summed E-state index contributed by atoms with van der Waals surface area (Å²) in [6.45, 7) is 0. The maximum atomic E-state index is 12.6. The van der Waals surface area contributed by atoms with Crippen LogP contribution in [0.4, 0.5) is 4.39 Å². The van der Waals surface area contributed by atoms with Crippen molar-refractivity contribution in [2.75, 3.05) is 6.26 Å². The first-order valence-electron chi connectivity index (χ1n) is 2.73. The van der Waals surface area contributed by atoms with Crippen LogP contribution in [0, 0.1) is 5.82 Å². The molecule has 0 unspecified atom stereocenters. The molecule has 0 N–H and O–H groups in total. The van der Waals surface area contributed by atoms with Crippen molar-refractivity contribution < 1.29 is 4.39 Å². The molecule has 10 heavy (non-hydrogen) atoms. The van der Waals surface area contributed by atoms with E-state index < -0.39 is 0 Å². The van der Waals surface area contributed by atoms with E-state index in [4.69, 9.17) is 0 Å². The molecule has 0 aromatic heterocycles. The fourth-order valence-electron chi connectivity index (χ4n) is 0.604. The molecule has 1 rings (SSSR count). The molecule has 0 fully saturated rings. The van der Waals surface area contributed by atoms with Crippen LogP contribution < -0.4 is 0 Å². The molecule has 3 heteroatoms. The predicted molar refractivity (Wildman–Crippen MR) is 45.9 cm³/mol. The fraction of sp³-hybridized carbons (Fsp3) is 0.143. The Bertz CT molecular complexity index is 237. The maximum absolute atomic E-state index is 12.6. The Morgan fingerprint density at radius 2 is 2.20 bits per heavy atom. The zero-order valence-electron chi connectivity index (χ0n) is 5.40. The van der Waals surface area contributed by atoms with Crippen molar-refractivity contribution in [3.8, 4) is 0 Å². The second-order valence-corrected chi connectivity index (χ2v) is 3.51. The van der Waals surface area contributed by atoms with Gasteiger partial charge in [0.15, 0.2) is 0 Å². The van der Waals surface area contributed by atoms with Gasteiger partial charge in [0.1, 0.15) is 5.82 Å². The zero-order chi connectivity index (χ0) is 7.56. The highest BCUT2D eigenvalue weighted by molar-refractivity contribution is 9.10. The molecule has 0 bridgehead atoms. The Labute approximate surface area is 72.0 Å². The van der Waals surface area contributed by atoms with Crippen molar-refractivity contribution >= 4 is 27.7 Å². The Kier molecular flexibility index (Phi) is 2.74. The van der Waals surface area contributed by atoms with E-state index in [0.29, 0.717) is 4.47 Å². The van der Waals surface area contributed by atoms with Gasteiger partial charge in [-0.15, -0.1) is 11.8 Å². The van der Waals surface area contributed by atoms with Crippen molar-refractivity contribution in [1.29, 1.82) is 0 Å². The third kappa shape index (κ3) is 1.73. The molecule has 0 saturated heterocycles. The zero-order valence-corrected chi connectivity index (χ0v) is 7.80. The minimum atomic E-state index is -0.210. The van der Waals surface area contributed by atoms with Crippen molar-refractivity contribution in [1.82, 2.24) is 0 Å². The maximum Gasteiger partial charge on any atom is 0.137 e. The Morgan fingerprint density at radius 1 is 1.50 bits per heavy atom. The van der Waals surface area contributed by atoms with Gasteiger partial charge in [0.2, 0.25) is 0 Å². The van der Waals surface area contributed by atoms with Crippen LogP contribution in [0.25, 0.3) is 0 Å². The van der Waals surface area contributed by atoms with Crippen LogP contribution >= 0.6 is 27.7 Å². The molecule has 54 valence electrons. The smallest absolute Gasteiger partial charge is 0.137 e. The lowest BCUT2D eigenvalue weighted by Gasteiger charge is -1.96. The predicted octanol–water partition coefficient (Wildman–Crippen LogP) is 3.31. The number of hydrogen-bond donors (Lipinski definition) is 0. The summed E-state index contributed by atoms with van der Waals surface area (Å²) in [5.74, 6) is -0.210. The monoisotopic (exact) mass is 220 g/mol. The highest BCUT2D eigenvalue weighted by atomic mass is 79.9. The Balaban J connectivity index is 3.04. The highest BCUT2D eigenvalue weighted by Gasteiger charge is 1.97. The molecule has 0 heterocycles. The fourth-order valence-corrected chi connectivity index (χ4v) is 1.57. The Hall–Kier alpha value is -0.0200. The topological polar surface area (TPSA) is 0 Å². The third-order valence-corrected chi connectivity index (χ3v) is 2.46. The molecule has 1 aromatic rings. The average Bonchev–Trinajstić information content (AvgIpc) is 1.95. The number of thioether (sulfide) groups is 1. The number of halogens is 2. The lowest BCUT2D eigenvalue weighted by molar-refractivity contribution is 0.619. The van der Waals surface area contributed by atoms with Gasteiger partial charge in [0, 0.05) is 4.90 Å². The van der Waals surface area contributed by atoms with E-state index in [9.17, 15) is 4.39 Å². The van der Waals surface area contributed by atoms with Gasteiger partial charge in [-0.05, 0) is 40.4 Å². The van der Waals surface area contributed by atoms with Gasteiger partial charge in [0.25, 0.3) is 0 Å². The molecule has 0 amide bonds. The standard InChI is InChI=1S/C7H6BrFS/c1-10-5-2-3-7(9)6(8)4-5/h2-4H,1H3. The van der Waals surface area contributed by atoms with E-state index in [1.54, 1.807) is 23.9 Å². The second kappa shape index (κ2) is 3.39. The van der Waals surface area contributed by atoms with Gasteiger partial charge < -0.3 is 0 Å². The molecule has 0 saturated carbocycles. The second-order valence-electron chi connectivity index (χ2n) is 1.78. The summed E-state index contributed by atoms with van der Waals surface area (Å²) in [6.07, 6.45) is 1.96. The summed E-state index contributed by atoms with van der Waals surface area (Å²) in [5.41, 5.74) is 0. The van der Waals surface area contributed by atoms with Crippen molar-refractivity contribution in [3.63, 3.8) is 0 Å². The van der Waals surface area contributed by atoms with Crippen LogP contribution in [0.15, 0.2) is 27.6 Å². The van der Waals surface area contributed by atoms with E-state index in [0.717, 1.165) is 4.90 Å². The normalized spacial score (nSPS) is 9.90. The number of rotatable bonds is 1. The SMILES string of the molecule is CSc1ccc(F)c(Br)c1. The first-order chi connectivity index (χ1) is 4.74. The quantitative estimate of drug-likeness (QED) is 0.655. The average molecular weight is 221 g/mol. The molecule has 0 aliphatic carbocycles. The van der Waals surface area contributed by atoms with E-state index >= 15 is 0 Å². The van der Waals surface area contributed by atoms with Crippen LogP contribution in [0.3, 0.4) is 0 Å². The summed E-state index contributed by atoms with van der Waals surface area (Å²) in [5, 5.41) is 0. The van der Waals surface area contributed by atoms with E-state index in [2.05, 4.69) is 15.9 Å². The summed E-state index contributed by atoms with van der Waals surface area (Å²) in [6, 6.07) is 4.97. The largest absolute Gasteiger partial charge is 0.206 e. The van der Waals surface area contributed by atoms with Crippen LogP contribution in [-0.2, 0) is 0 Å². The first-order valence-corrected chi connectivity index (χ1v) is 4.75. The van der Waals surface area contributed by atoms with Crippen LogP contribution in [0.2, 0.25) is 0 Å². The van der Waals surface area contributed by atoms with Crippen LogP contribution in [-0.4, -0.2) is 6.26 Å². The minimum Gasteiger partial charge on any atom is -0.206 e. The van der Waals surface area contributed by atoms with Gasteiger partial charge in [-0.25, -0.2) is 4.39 Å². The minimum absolute atomic E-state index is 0.210. The summed E-state index contributed by atoms with van der Waals surface area (Å²) >= 11 is 4.69. The summed E-state index contributed by atoms with van der Waals surface area (Å²) < 4.78 is 13.1. The van der Waals surface area contributed by atoms with Gasteiger partial charge in [0.05, 0.1) is 4.47 Å². The molecule has 0 aliphatic heterocycles. The van der Waals surface area contributed by atoms with Gasteiger partial charge in [-0.2, -0.15) is 0 Å². The van der Waals surface area contributed by atoms with E-state index in [1.165, 1.54) is 6.07 Å². The van der Waals surface area contributed by atoms with Gasteiger partial charge in [-0.1, -0.05) is 0 Å². The van der Waals surface area contributed by atoms with Crippen molar-refractivity contribution in [2.24, 2.45) is 0 Å². The molecular weight excluding hydrogens is 215 g/mol. The molecular formula is C7H6BrFS. The van der Waals surface area contributed by atoms with Gasteiger partial charge in [-0.3, -0.25) is 0 Å². The molecule has 0 atom stereocenters.